The van der Waals surface area contributed by atoms with Gasteiger partial charge < -0.3 is 5.43 Å². The predicted molar refractivity (Wildman–Crippen MR) is 94.8 cm³/mol. The average molecular weight is 316 g/mol. The Morgan fingerprint density at radius 3 is 2.41 bits per heavy atom. The quantitative estimate of drug-likeness (QED) is 0.908. The van der Waals surface area contributed by atoms with Crippen LogP contribution in [-0.4, -0.2) is 18.9 Å². The van der Waals surface area contributed by atoms with E-state index in [4.69, 9.17) is 0 Å². The van der Waals surface area contributed by atoms with Crippen LogP contribution in [-0.2, 0) is 6.42 Å². The highest BCUT2D eigenvalue weighted by Gasteiger charge is 2.20. The minimum absolute atomic E-state index is 0. The van der Waals surface area contributed by atoms with Crippen molar-refractivity contribution < 1.29 is 0 Å². The van der Waals surface area contributed by atoms with E-state index in [1.54, 1.807) is 0 Å². The standard InChI is InChI=1S/C18H21N3.ClH/c1-14-7-9-16(10-8-14)17(18-19-11-12-20-21-18)13-15-5-3-2-4-6-15;/h2-10,17,20H,11-13H2,1H3,(H,19,21);1H. The van der Waals surface area contributed by atoms with Crippen molar-refractivity contribution in [1.82, 2.24) is 10.9 Å². The number of nitrogens with one attached hydrogen (secondary N) is 2. The van der Waals surface area contributed by atoms with Crippen LogP contribution in [0.3, 0.4) is 0 Å². The Morgan fingerprint density at radius 1 is 1.05 bits per heavy atom. The molecule has 1 aliphatic rings. The first-order chi connectivity index (χ1) is 10.3. The van der Waals surface area contributed by atoms with Crippen molar-refractivity contribution in [3.05, 3.63) is 71.3 Å². The molecule has 0 radical (unpaired) electrons. The molecule has 0 saturated carbocycles. The summed E-state index contributed by atoms with van der Waals surface area (Å²) >= 11 is 0. The van der Waals surface area contributed by atoms with Gasteiger partial charge in [0.2, 0.25) is 0 Å². The van der Waals surface area contributed by atoms with Gasteiger partial charge in [0.15, 0.2) is 0 Å². The van der Waals surface area contributed by atoms with E-state index in [1.165, 1.54) is 16.7 Å². The fourth-order valence-electron chi connectivity index (χ4n) is 2.64. The van der Waals surface area contributed by atoms with Crippen LogP contribution < -0.4 is 10.9 Å². The Balaban J connectivity index is 0.00000176. The Morgan fingerprint density at radius 2 is 1.77 bits per heavy atom. The number of rotatable bonds is 4. The summed E-state index contributed by atoms with van der Waals surface area (Å²) in [6, 6.07) is 19.4. The van der Waals surface area contributed by atoms with Gasteiger partial charge in [0.1, 0.15) is 5.84 Å². The van der Waals surface area contributed by atoms with Crippen molar-refractivity contribution in [1.29, 1.82) is 0 Å². The highest BCUT2D eigenvalue weighted by molar-refractivity contribution is 5.89. The van der Waals surface area contributed by atoms with Crippen LogP contribution in [0.25, 0.3) is 0 Å². The maximum atomic E-state index is 4.67. The van der Waals surface area contributed by atoms with Crippen LogP contribution in [0, 0.1) is 6.92 Å². The summed E-state index contributed by atoms with van der Waals surface area (Å²) in [7, 11) is 0. The number of hydrogen-bond acceptors (Lipinski definition) is 3. The maximum Gasteiger partial charge on any atom is 0.118 e. The van der Waals surface area contributed by atoms with Crippen LogP contribution >= 0.6 is 12.4 Å². The molecule has 0 amide bonds. The third-order valence-corrected chi connectivity index (χ3v) is 3.83. The van der Waals surface area contributed by atoms with Gasteiger partial charge in [-0.1, -0.05) is 60.2 Å². The largest absolute Gasteiger partial charge is 0.309 e. The van der Waals surface area contributed by atoms with Crippen molar-refractivity contribution in [3.8, 4) is 0 Å². The van der Waals surface area contributed by atoms with Crippen LogP contribution in [0.1, 0.15) is 22.6 Å². The predicted octanol–water partition coefficient (Wildman–Crippen LogP) is 3.25. The molecule has 2 aromatic carbocycles. The minimum Gasteiger partial charge on any atom is -0.309 e. The van der Waals surface area contributed by atoms with Gasteiger partial charge in [-0.05, 0) is 24.5 Å². The van der Waals surface area contributed by atoms with Gasteiger partial charge in [-0.3, -0.25) is 4.99 Å². The molecule has 2 aromatic rings. The van der Waals surface area contributed by atoms with Crippen molar-refractivity contribution >= 4 is 18.2 Å². The third kappa shape index (κ3) is 4.09. The second kappa shape index (κ2) is 7.97. The van der Waals surface area contributed by atoms with Crippen LogP contribution in [0.4, 0.5) is 0 Å². The molecule has 0 spiro atoms. The van der Waals surface area contributed by atoms with E-state index < -0.39 is 0 Å². The molecule has 3 nitrogen and oxygen atoms in total. The number of benzene rings is 2. The molecule has 116 valence electrons. The fraction of sp³-hybridized carbons (Fsp3) is 0.278. The van der Waals surface area contributed by atoms with Crippen LogP contribution in [0.15, 0.2) is 59.6 Å². The van der Waals surface area contributed by atoms with E-state index in [9.17, 15) is 0 Å². The number of aryl methyl sites for hydroxylation is 1. The highest BCUT2D eigenvalue weighted by atomic mass is 35.5. The molecule has 0 saturated heterocycles. The van der Waals surface area contributed by atoms with Crippen molar-refractivity contribution in [2.24, 2.45) is 4.99 Å². The van der Waals surface area contributed by atoms with Crippen LogP contribution in [0.5, 0.6) is 0 Å². The number of halogens is 1. The van der Waals surface area contributed by atoms with Crippen molar-refractivity contribution in [2.75, 3.05) is 13.1 Å². The Labute approximate surface area is 138 Å². The van der Waals surface area contributed by atoms with E-state index in [0.29, 0.717) is 0 Å². The SMILES string of the molecule is Cc1ccc(C(Cc2ccccc2)C2=NCCNN2)cc1.Cl. The number of amidine groups is 1. The van der Waals surface area contributed by atoms with E-state index in [1.807, 2.05) is 0 Å². The molecule has 1 unspecified atom stereocenters. The molecule has 22 heavy (non-hydrogen) atoms. The zero-order chi connectivity index (χ0) is 14.5. The first kappa shape index (κ1) is 16.5. The normalized spacial score (nSPS) is 15.2. The van der Waals surface area contributed by atoms with E-state index in [0.717, 1.165) is 25.3 Å². The summed E-state index contributed by atoms with van der Waals surface area (Å²) in [6.07, 6.45) is 0.956. The van der Waals surface area contributed by atoms with Gasteiger partial charge in [-0.15, -0.1) is 12.4 Å². The van der Waals surface area contributed by atoms with Gasteiger partial charge in [0.25, 0.3) is 0 Å². The molecule has 0 aromatic heterocycles. The Hall–Kier alpha value is -1.84. The highest BCUT2D eigenvalue weighted by Crippen LogP contribution is 2.23. The Bertz CT molecular complexity index is 608. The summed E-state index contributed by atoms with van der Waals surface area (Å²) in [5, 5.41) is 0. The summed E-state index contributed by atoms with van der Waals surface area (Å²) in [5.41, 5.74) is 10.4. The second-order valence-electron chi connectivity index (χ2n) is 5.47. The number of nitrogens with zero attached hydrogens (tertiary/aromatic N) is 1. The van der Waals surface area contributed by atoms with Gasteiger partial charge in [0, 0.05) is 12.5 Å². The Kier molecular flexibility index (Phi) is 5.99. The van der Waals surface area contributed by atoms with E-state index in [2.05, 4.69) is 77.4 Å². The lowest BCUT2D eigenvalue weighted by molar-refractivity contribution is 0.601. The smallest absolute Gasteiger partial charge is 0.118 e. The van der Waals surface area contributed by atoms with Gasteiger partial charge in [0.05, 0.1) is 6.54 Å². The summed E-state index contributed by atoms with van der Waals surface area (Å²) in [6.45, 7) is 3.84. The molecule has 1 aliphatic heterocycles. The van der Waals surface area contributed by atoms with Crippen molar-refractivity contribution in [2.45, 2.75) is 19.3 Å². The molecule has 1 heterocycles. The lowest BCUT2D eigenvalue weighted by Crippen LogP contribution is -2.46. The molecule has 2 N–H and O–H groups in total. The van der Waals surface area contributed by atoms with E-state index in [-0.39, 0.29) is 18.3 Å². The minimum atomic E-state index is 0. The molecule has 0 aliphatic carbocycles. The number of hydrazine groups is 1. The lowest BCUT2D eigenvalue weighted by atomic mass is 9.90. The van der Waals surface area contributed by atoms with E-state index >= 15 is 0 Å². The maximum absolute atomic E-state index is 4.67. The molecule has 4 heteroatoms. The second-order valence-corrected chi connectivity index (χ2v) is 5.47. The molecular formula is C18H22ClN3. The monoisotopic (exact) mass is 315 g/mol. The van der Waals surface area contributed by atoms with Gasteiger partial charge in [-0.2, -0.15) is 0 Å². The zero-order valence-electron chi connectivity index (χ0n) is 12.8. The van der Waals surface area contributed by atoms with Crippen molar-refractivity contribution in [3.63, 3.8) is 0 Å². The topological polar surface area (TPSA) is 36.4 Å². The average Bonchev–Trinajstić information content (AvgIpc) is 2.55. The van der Waals surface area contributed by atoms with Gasteiger partial charge in [-0.25, -0.2) is 5.43 Å². The molecule has 3 rings (SSSR count). The summed E-state index contributed by atoms with van der Waals surface area (Å²) < 4.78 is 0. The molecule has 1 atom stereocenters. The third-order valence-electron chi connectivity index (χ3n) is 3.83. The number of aliphatic imine (C=N–C) groups is 1. The summed E-state index contributed by atoms with van der Waals surface area (Å²) in [4.78, 5) is 4.67. The first-order valence-corrected chi connectivity index (χ1v) is 7.46. The number of hydrogen-bond donors (Lipinski definition) is 2. The fourth-order valence-corrected chi connectivity index (χ4v) is 2.64. The lowest BCUT2D eigenvalue weighted by Gasteiger charge is -2.24. The first-order valence-electron chi connectivity index (χ1n) is 7.46. The summed E-state index contributed by atoms with van der Waals surface area (Å²) in [5.74, 6) is 1.30. The molecular weight excluding hydrogens is 294 g/mol. The van der Waals surface area contributed by atoms with Crippen LogP contribution in [0.2, 0.25) is 0 Å². The van der Waals surface area contributed by atoms with Gasteiger partial charge >= 0.3 is 0 Å². The zero-order valence-corrected chi connectivity index (χ0v) is 13.6. The molecule has 0 bridgehead atoms. The molecule has 0 fully saturated rings.